The third-order valence-corrected chi connectivity index (χ3v) is 2.59. The Bertz CT molecular complexity index is 511. The fourth-order valence-corrected chi connectivity index (χ4v) is 1.49. The van der Waals surface area contributed by atoms with Gasteiger partial charge in [0, 0.05) is 12.6 Å². The number of anilines is 1. The number of nitro groups is 1. The van der Waals surface area contributed by atoms with Gasteiger partial charge in [0.15, 0.2) is 0 Å². The molecule has 7 nitrogen and oxygen atoms in total. The molecule has 0 radical (unpaired) electrons. The maximum atomic E-state index is 13.4. The van der Waals surface area contributed by atoms with Crippen LogP contribution in [-0.4, -0.2) is 39.6 Å². The van der Waals surface area contributed by atoms with E-state index >= 15 is 0 Å². The Morgan fingerprint density at radius 1 is 1.58 bits per heavy atom. The van der Waals surface area contributed by atoms with E-state index in [0.29, 0.717) is 6.07 Å². The van der Waals surface area contributed by atoms with Gasteiger partial charge in [0.2, 0.25) is 0 Å². The second-order valence-electron chi connectivity index (χ2n) is 3.57. The molecule has 0 aliphatic heterocycles. The van der Waals surface area contributed by atoms with E-state index in [4.69, 9.17) is 16.7 Å². The first-order valence-electron chi connectivity index (χ1n) is 5.06. The van der Waals surface area contributed by atoms with Gasteiger partial charge < -0.3 is 15.5 Å². The topological polar surface area (TPSA) is 113 Å². The molecular formula is C10H10ClFN2O5. The molecule has 104 valence electrons. The van der Waals surface area contributed by atoms with Crippen LogP contribution in [0.3, 0.4) is 0 Å². The van der Waals surface area contributed by atoms with Gasteiger partial charge in [-0.05, 0) is 6.07 Å². The summed E-state index contributed by atoms with van der Waals surface area (Å²) in [6, 6.07) is 1.54. The first kappa shape index (κ1) is 15.1. The Morgan fingerprint density at radius 2 is 2.21 bits per heavy atom. The Labute approximate surface area is 111 Å². The molecule has 1 rings (SSSR count). The van der Waals surface area contributed by atoms with E-state index in [1.165, 1.54) is 0 Å². The van der Waals surface area contributed by atoms with Crippen LogP contribution < -0.4 is 5.32 Å². The molecule has 1 unspecified atom stereocenters. The van der Waals surface area contributed by atoms with Gasteiger partial charge in [-0.1, -0.05) is 0 Å². The number of carboxylic acid groups (broad SMARTS) is 1. The zero-order chi connectivity index (χ0) is 14.6. The van der Waals surface area contributed by atoms with Gasteiger partial charge >= 0.3 is 5.97 Å². The minimum absolute atomic E-state index is 0.154. The first-order chi connectivity index (χ1) is 8.88. The number of carboxylic acids is 1. The highest BCUT2D eigenvalue weighted by molar-refractivity contribution is 6.18. The Morgan fingerprint density at radius 3 is 2.68 bits per heavy atom. The van der Waals surface area contributed by atoms with E-state index in [9.17, 15) is 24.4 Å². The molecule has 19 heavy (non-hydrogen) atoms. The van der Waals surface area contributed by atoms with Crippen molar-refractivity contribution in [1.82, 2.24) is 0 Å². The molecule has 0 saturated heterocycles. The average Bonchev–Trinajstić information content (AvgIpc) is 2.34. The summed E-state index contributed by atoms with van der Waals surface area (Å²) < 4.78 is 13.4. The van der Waals surface area contributed by atoms with Gasteiger partial charge in [-0.3, -0.25) is 10.1 Å². The van der Waals surface area contributed by atoms with E-state index in [-0.39, 0.29) is 12.4 Å². The van der Waals surface area contributed by atoms with Crippen LogP contribution in [0.1, 0.15) is 10.4 Å². The minimum Gasteiger partial charge on any atom is -0.478 e. The zero-order valence-corrected chi connectivity index (χ0v) is 10.2. The van der Waals surface area contributed by atoms with Crippen molar-refractivity contribution in [2.75, 3.05) is 17.7 Å². The van der Waals surface area contributed by atoms with Gasteiger partial charge in [0.25, 0.3) is 5.69 Å². The second kappa shape index (κ2) is 6.30. The van der Waals surface area contributed by atoms with Crippen LogP contribution in [0.2, 0.25) is 0 Å². The summed E-state index contributed by atoms with van der Waals surface area (Å²) in [6.07, 6.45) is -1.05. The van der Waals surface area contributed by atoms with Crippen LogP contribution in [0.4, 0.5) is 15.8 Å². The number of nitro benzene ring substituents is 1. The zero-order valence-electron chi connectivity index (χ0n) is 9.47. The highest BCUT2D eigenvalue weighted by atomic mass is 35.5. The van der Waals surface area contributed by atoms with E-state index in [1.54, 1.807) is 0 Å². The Kier molecular flexibility index (Phi) is 5.02. The van der Waals surface area contributed by atoms with Crippen molar-refractivity contribution in [3.63, 3.8) is 0 Å². The number of nitrogens with zero attached hydrogens (tertiary/aromatic N) is 1. The van der Waals surface area contributed by atoms with Crippen LogP contribution in [0.15, 0.2) is 12.1 Å². The van der Waals surface area contributed by atoms with Crippen molar-refractivity contribution in [3.8, 4) is 0 Å². The molecule has 1 aromatic carbocycles. The number of alkyl halides is 1. The molecule has 3 N–H and O–H groups in total. The molecule has 0 aliphatic carbocycles. The summed E-state index contributed by atoms with van der Waals surface area (Å²) in [5.74, 6) is -2.91. The number of rotatable bonds is 6. The highest BCUT2D eigenvalue weighted by Gasteiger charge is 2.25. The van der Waals surface area contributed by atoms with Gasteiger partial charge in [0.05, 0.1) is 16.9 Å². The molecule has 0 aromatic heterocycles. The molecule has 9 heteroatoms. The predicted octanol–water partition coefficient (Wildman–Crippen LogP) is 1.44. The number of benzene rings is 1. The highest BCUT2D eigenvalue weighted by Crippen LogP contribution is 2.30. The first-order valence-corrected chi connectivity index (χ1v) is 5.60. The molecule has 0 spiro atoms. The number of aromatic carboxylic acids is 1. The summed E-state index contributed by atoms with van der Waals surface area (Å²) in [5.41, 5.74) is -1.95. The number of aliphatic hydroxyl groups is 1. The molecule has 0 heterocycles. The normalized spacial score (nSPS) is 11.9. The van der Waals surface area contributed by atoms with Crippen LogP contribution in [0.5, 0.6) is 0 Å². The largest absolute Gasteiger partial charge is 0.478 e. The molecule has 0 fully saturated rings. The maximum Gasteiger partial charge on any atom is 0.341 e. The minimum atomic E-state index is -1.65. The quantitative estimate of drug-likeness (QED) is 0.415. The monoisotopic (exact) mass is 292 g/mol. The van der Waals surface area contributed by atoms with Crippen molar-refractivity contribution in [2.45, 2.75) is 6.10 Å². The average molecular weight is 293 g/mol. The van der Waals surface area contributed by atoms with Crippen molar-refractivity contribution < 1.29 is 24.3 Å². The van der Waals surface area contributed by atoms with E-state index in [2.05, 4.69) is 5.32 Å². The maximum absolute atomic E-state index is 13.4. The second-order valence-corrected chi connectivity index (χ2v) is 3.88. The smallest absolute Gasteiger partial charge is 0.341 e. The van der Waals surface area contributed by atoms with Gasteiger partial charge in [-0.2, -0.15) is 0 Å². The SMILES string of the molecule is O=C(O)c1c(F)ccc([N+](=O)[O-])c1NCC(O)CCl. The summed E-state index contributed by atoms with van der Waals surface area (Å²) in [6.45, 7) is -0.242. The Hall–Kier alpha value is -1.93. The standard InChI is InChI=1S/C10H10ClFN2O5/c11-3-5(15)4-13-9-7(14(18)19)2-1-6(12)8(9)10(16)17/h1-2,5,13,15H,3-4H2,(H,16,17). The van der Waals surface area contributed by atoms with Crippen LogP contribution >= 0.6 is 11.6 Å². The van der Waals surface area contributed by atoms with Gasteiger partial charge in [-0.15, -0.1) is 11.6 Å². The van der Waals surface area contributed by atoms with Crippen molar-refractivity contribution in [1.29, 1.82) is 0 Å². The molecule has 1 aromatic rings. The van der Waals surface area contributed by atoms with E-state index in [1.807, 2.05) is 0 Å². The number of aliphatic hydroxyl groups excluding tert-OH is 1. The fourth-order valence-electron chi connectivity index (χ4n) is 1.38. The number of carbonyl (C=O) groups is 1. The fraction of sp³-hybridized carbons (Fsp3) is 0.300. The molecule has 0 amide bonds. The molecule has 0 saturated carbocycles. The number of hydrogen-bond donors (Lipinski definition) is 3. The van der Waals surface area contributed by atoms with Crippen LogP contribution in [0.25, 0.3) is 0 Å². The molecule has 0 aliphatic rings. The lowest BCUT2D eigenvalue weighted by Gasteiger charge is -2.12. The number of hydrogen-bond acceptors (Lipinski definition) is 5. The summed E-state index contributed by atoms with van der Waals surface area (Å²) >= 11 is 5.34. The lowest BCUT2D eigenvalue weighted by molar-refractivity contribution is -0.384. The van der Waals surface area contributed by atoms with Gasteiger partial charge in [0.1, 0.15) is 17.1 Å². The third kappa shape index (κ3) is 3.52. The van der Waals surface area contributed by atoms with E-state index in [0.717, 1.165) is 6.07 Å². The lowest BCUT2D eigenvalue weighted by Crippen LogP contribution is -2.22. The molecular weight excluding hydrogens is 283 g/mol. The predicted molar refractivity (Wildman–Crippen MR) is 65.2 cm³/mol. The van der Waals surface area contributed by atoms with Crippen molar-refractivity contribution in [3.05, 3.63) is 33.6 Å². The summed E-state index contributed by atoms with van der Waals surface area (Å²) in [5, 5.41) is 31.2. The Balaban J connectivity index is 3.25. The molecule has 0 bridgehead atoms. The molecule has 1 atom stereocenters. The van der Waals surface area contributed by atoms with Crippen LogP contribution in [0, 0.1) is 15.9 Å². The van der Waals surface area contributed by atoms with Crippen LogP contribution in [-0.2, 0) is 0 Å². The van der Waals surface area contributed by atoms with Gasteiger partial charge in [-0.25, -0.2) is 9.18 Å². The third-order valence-electron chi connectivity index (χ3n) is 2.24. The van der Waals surface area contributed by atoms with E-state index < -0.39 is 39.8 Å². The number of halogens is 2. The van der Waals surface area contributed by atoms with Crippen molar-refractivity contribution in [2.24, 2.45) is 0 Å². The lowest BCUT2D eigenvalue weighted by atomic mass is 10.1. The van der Waals surface area contributed by atoms with Crippen molar-refractivity contribution >= 4 is 28.9 Å². The summed E-state index contributed by atoms with van der Waals surface area (Å²) in [4.78, 5) is 20.9. The summed E-state index contributed by atoms with van der Waals surface area (Å²) in [7, 11) is 0. The number of nitrogens with one attached hydrogen (secondary N) is 1.